The third-order valence-corrected chi connectivity index (χ3v) is 14.5. The highest BCUT2D eigenvalue weighted by molar-refractivity contribution is 6.22. The topological polar surface area (TPSA) is 144 Å². The number of methoxy groups -OCH3 is 4. The zero-order valence-corrected chi connectivity index (χ0v) is 29.3. The van der Waals surface area contributed by atoms with Crippen LogP contribution >= 0.6 is 0 Å². The number of amides is 2. The minimum absolute atomic E-state index is 0.0358. The molecule has 12 heteroatoms. The van der Waals surface area contributed by atoms with Gasteiger partial charge in [-0.1, -0.05) is 26.0 Å². The van der Waals surface area contributed by atoms with Crippen LogP contribution in [0.1, 0.15) is 56.3 Å². The first-order chi connectivity index (χ1) is 23.4. The Morgan fingerprint density at radius 1 is 1.04 bits per heavy atom. The first kappa shape index (κ1) is 33.7. The van der Waals surface area contributed by atoms with E-state index < -0.39 is 46.1 Å². The highest BCUT2D eigenvalue weighted by Crippen LogP contribution is 2.80. The van der Waals surface area contributed by atoms with E-state index in [2.05, 4.69) is 11.8 Å². The number of anilines is 1. The maximum atomic E-state index is 14.1. The van der Waals surface area contributed by atoms with E-state index in [-0.39, 0.29) is 84.5 Å². The van der Waals surface area contributed by atoms with E-state index in [4.69, 9.17) is 23.7 Å². The molecule has 7 aliphatic rings. The Balaban J connectivity index is 1.23. The number of aliphatic hydroxyl groups is 2. The highest BCUT2D eigenvalue weighted by Gasteiger charge is 2.91. The van der Waals surface area contributed by atoms with Crippen LogP contribution in [0, 0.1) is 40.4 Å². The Labute approximate surface area is 287 Å². The molecule has 2 saturated heterocycles. The van der Waals surface area contributed by atoms with E-state index in [1.54, 1.807) is 59.6 Å². The van der Waals surface area contributed by atoms with Crippen LogP contribution < -0.4 is 4.90 Å². The molecule has 7 bridgehead atoms. The number of imide groups is 1. The fraction of sp³-hybridized carbons (Fsp3) is 0.757. The van der Waals surface area contributed by atoms with E-state index in [1.165, 1.54) is 0 Å². The third kappa shape index (κ3) is 3.86. The number of para-hydroxylation sites is 1. The maximum absolute atomic E-state index is 14.1. The summed E-state index contributed by atoms with van der Waals surface area (Å²) in [6, 6.07) is 6.12. The zero-order chi connectivity index (χ0) is 34.8. The minimum atomic E-state index is -1.70. The zero-order valence-electron chi connectivity index (χ0n) is 29.3. The molecule has 8 rings (SSSR count). The Hall–Kier alpha value is -2.45. The van der Waals surface area contributed by atoms with Crippen molar-refractivity contribution >= 4 is 23.5 Å². The predicted octanol–water partition coefficient (Wildman–Crippen LogP) is 2.04. The Bertz CT molecular complexity index is 1560. The number of nitrogens with zero attached hydrogens (tertiary/aromatic N) is 2. The summed E-state index contributed by atoms with van der Waals surface area (Å²) < 4.78 is 31.4. The molecule has 268 valence electrons. The molecular formula is C37H50N2O10. The second kappa shape index (κ2) is 11.3. The van der Waals surface area contributed by atoms with Gasteiger partial charge >= 0.3 is 5.97 Å². The van der Waals surface area contributed by atoms with Crippen molar-refractivity contribution in [1.82, 2.24) is 4.90 Å². The SMILES string of the molecule is CCN1C[C@]2(COC(=O)c3ccccc3N3C(=O)C[C@H](C)C3=O)CC[C@H](OC)[C@]34C1[C@](O)([C@@H](OC)[C@H]23)[C@@]1(O)C[C@H](OC)[C@H]2C[C@@H]4C1C2OC. The molecule has 2 N–H and O–H groups in total. The summed E-state index contributed by atoms with van der Waals surface area (Å²) in [6.45, 7) is 4.95. The van der Waals surface area contributed by atoms with Crippen molar-refractivity contribution < 1.29 is 48.3 Å². The number of fused-ring (bicyclic) bond motifs is 2. The first-order valence-electron chi connectivity index (χ1n) is 17.9. The number of carbonyl (C=O) groups excluding carboxylic acids is 3. The van der Waals surface area contributed by atoms with Gasteiger partial charge in [0.2, 0.25) is 11.8 Å². The summed E-state index contributed by atoms with van der Waals surface area (Å²) in [6.07, 6.45) is 0.813. The van der Waals surface area contributed by atoms with Crippen LogP contribution in [0.15, 0.2) is 24.3 Å². The van der Waals surface area contributed by atoms with Crippen molar-refractivity contribution in [3.05, 3.63) is 29.8 Å². The Morgan fingerprint density at radius 2 is 1.80 bits per heavy atom. The van der Waals surface area contributed by atoms with Gasteiger partial charge in [0.25, 0.3) is 0 Å². The van der Waals surface area contributed by atoms with Gasteiger partial charge in [-0.05, 0) is 43.9 Å². The summed E-state index contributed by atoms with van der Waals surface area (Å²) in [5.41, 5.74) is -4.17. The standard InChI is InChI=1S/C37H50N2O10/c1-7-38-17-34(18-49-32(42)20-10-8-9-11-23(20)39-26(40)14-19(2)31(39)41)13-12-25(46-4)36-22-15-21-24(45-3)16-35(43,27(22)28(21)47-5)37(44,33(36)38)30(48-6)29(34)36/h8-11,19,21-22,24-25,27-30,33,43-44H,7,12-18H2,1-6H3/t19-,21+,22+,24-,25-,27?,28?,29+,30-,33?,34-,35+,36-,37+/m0/s1. The minimum Gasteiger partial charge on any atom is -0.461 e. The molecule has 2 aliphatic heterocycles. The largest absolute Gasteiger partial charge is 0.461 e. The van der Waals surface area contributed by atoms with Gasteiger partial charge in [0.15, 0.2) is 0 Å². The molecule has 1 spiro atoms. The third-order valence-electron chi connectivity index (χ3n) is 14.5. The number of esters is 1. The number of likely N-dealkylation sites (tertiary alicyclic amines) is 1. The number of hydrogen-bond acceptors (Lipinski definition) is 11. The van der Waals surface area contributed by atoms with E-state index in [0.717, 1.165) is 11.3 Å². The molecule has 3 unspecified atom stereocenters. The summed E-state index contributed by atoms with van der Waals surface area (Å²) in [4.78, 5) is 43.3. The quantitative estimate of drug-likeness (QED) is 0.292. The van der Waals surface area contributed by atoms with Crippen molar-refractivity contribution in [3.8, 4) is 0 Å². The molecule has 7 fully saturated rings. The van der Waals surface area contributed by atoms with Gasteiger partial charge in [0, 0.05) is 82.3 Å². The lowest BCUT2D eigenvalue weighted by Gasteiger charge is -2.70. The van der Waals surface area contributed by atoms with Crippen molar-refractivity contribution in [2.24, 2.45) is 40.4 Å². The van der Waals surface area contributed by atoms with Gasteiger partial charge in [-0.15, -0.1) is 0 Å². The number of ether oxygens (including phenoxy) is 5. The molecule has 1 aromatic rings. The van der Waals surface area contributed by atoms with Crippen LogP contribution in [0.5, 0.6) is 0 Å². The number of piperidine rings is 1. The van der Waals surface area contributed by atoms with Crippen molar-refractivity contribution in [2.45, 2.75) is 87.6 Å². The van der Waals surface area contributed by atoms with Gasteiger partial charge in [0.05, 0.1) is 48.3 Å². The molecule has 5 saturated carbocycles. The van der Waals surface area contributed by atoms with Gasteiger partial charge in [-0.2, -0.15) is 0 Å². The number of benzene rings is 1. The van der Waals surface area contributed by atoms with Crippen LogP contribution in [0.2, 0.25) is 0 Å². The second-order valence-corrected chi connectivity index (χ2v) is 16.0. The number of hydrogen-bond donors (Lipinski definition) is 2. The Morgan fingerprint density at radius 3 is 2.43 bits per heavy atom. The summed E-state index contributed by atoms with van der Waals surface area (Å²) in [5, 5.41) is 26.6. The van der Waals surface area contributed by atoms with E-state index in [9.17, 15) is 24.6 Å². The van der Waals surface area contributed by atoms with Gasteiger partial charge in [0.1, 0.15) is 11.2 Å². The molecular weight excluding hydrogens is 632 g/mol. The lowest BCUT2D eigenvalue weighted by atomic mass is 9.42. The van der Waals surface area contributed by atoms with Crippen LogP contribution in [-0.4, -0.2) is 123 Å². The number of carbonyl (C=O) groups is 3. The second-order valence-electron chi connectivity index (χ2n) is 16.0. The fourth-order valence-electron chi connectivity index (χ4n) is 13.2. The molecule has 49 heavy (non-hydrogen) atoms. The van der Waals surface area contributed by atoms with E-state index >= 15 is 0 Å². The average Bonchev–Trinajstić information content (AvgIpc) is 3.63. The normalized spacial score (nSPS) is 48.0. The number of likely N-dealkylation sites (N-methyl/N-ethyl adjacent to an activating group) is 1. The molecule has 0 radical (unpaired) electrons. The molecule has 5 aliphatic carbocycles. The molecule has 2 amide bonds. The molecule has 2 heterocycles. The summed E-state index contributed by atoms with van der Waals surface area (Å²) in [7, 11) is 6.70. The molecule has 12 nitrogen and oxygen atoms in total. The van der Waals surface area contributed by atoms with Crippen molar-refractivity contribution in [1.29, 1.82) is 0 Å². The van der Waals surface area contributed by atoms with Gasteiger partial charge in [-0.25, -0.2) is 9.69 Å². The summed E-state index contributed by atoms with van der Waals surface area (Å²) >= 11 is 0. The van der Waals surface area contributed by atoms with E-state index in [0.29, 0.717) is 25.9 Å². The molecule has 0 aromatic heterocycles. The monoisotopic (exact) mass is 682 g/mol. The van der Waals surface area contributed by atoms with Crippen LogP contribution in [-0.2, 0) is 33.3 Å². The first-order valence-corrected chi connectivity index (χ1v) is 17.9. The molecule has 14 atom stereocenters. The van der Waals surface area contributed by atoms with Crippen LogP contribution in [0.3, 0.4) is 0 Å². The van der Waals surface area contributed by atoms with Gasteiger partial charge in [-0.3, -0.25) is 14.5 Å². The van der Waals surface area contributed by atoms with Crippen LogP contribution in [0.25, 0.3) is 0 Å². The predicted molar refractivity (Wildman–Crippen MR) is 174 cm³/mol. The maximum Gasteiger partial charge on any atom is 0.340 e. The average molecular weight is 683 g/mol. The Kier molecular flexibility index (Phi) is 7.75. The lowest BCUT2D eigenvalue weighted by molar-refractivity contribution is -0.320. The van der Waals surface area contributed by atoms with E-state index in [1.807, 2.05) is 0 Å². The summed E-state index contributed by atoms with van der Waals surface area (Å²) in [5.74, 6) is -2.47. The lowest BCUT2D eigenvalue weighted by Crippen LogP contribution is -2.82. The molecule has 1 aromatic carbocycles. The smallest absolute Gasteiger partial charge is 0.340 e. The van der Waals surface area contributed by atoms with Crippen LogP contribution in [0.4, 0.5) is 5.69 Å². The van der Waals surface area contributed by atoms with Crippen molar-refractivity contribution in [3.63, 3.8) is 0 Å². The highest BCUT2D eigenvalue weighted by atomic mass is 16.5. The van der Waals surface area contributed by atoms with Crippen molar-refractivity contribution in [2.75, 3.05) is 53.0 Å². The van der Waals surface area contributed by atoms with Gasteiger partial charge < -0.3 is 33.9 Å². The fourth-order valence-corrected chi connectivity index (χ4v) is 13.2. The number of rotatable bonds is 9.